The van der Waals surface area contributed by atoms with Gasteiger partial charge in [-0.25, -0.2) is 9.97 Å². The Hall–Kier alpha value is -8.01. The summed E-state index contributed by atoms with van der Waals surface area (Å²) in [5.41, 5.74) is 11.7. The maximum absolute atomic E-state index is 5.26. The second kappa shape index (κ2) is 13.8. The lowest BCUT2D eigenvalue weighted by Gasteiger charge is -2.15. The van der Waals surface area contributed by atoms with E-state index in [0.717, 1.165) is 44.8 Å². The Balaban J connectivity index is 0.967. The fourth-order valence-electron chi connectivity index (χ4n) is 9.16. The van der Waals surface area contributed by atoms with Gasteiger partial charge in [-0.2, -0.15) is 0 Å². The predicted molar refractivity (Wildman–Crippen MR) is 251 cm³/mol. The molecular weight excluding hydrogens is 727 g/mol. The summed E-state index contributed by atoms with van der Waals surface area (Å²) in [5, 5.41) is 12.7. The van der Waals surface area contributed by atoms with Crippen molar-refractivity contribution in [1.29, 1.82) is 0 Å². The Morgan fingerprint density at radius 1 is 0.283 bits per heavy atom. The van der Waals surface area contributed by atoms with Gasteiger partial charge in [-0.05, 0) is 106 Å². The molecule has 0 N–H and O–H groups in total. The largest absolute Gasteiger partial charge is 0.264 e. The molecule has 0 fully saturated rings. The topological polar surface area (TPSA) is 38.7 Å². The second-order valence-electron chi connectivity index (χ2n) is 15.6. The molecule has 0 amide bonds. The van der Waals surface area contributed by atoms with Crippen LogP contribution in [0.15, 0.2) is 213 Å². The second-order valence-corrected chi connectivity index (χ2v) is 15.6. The number of fused-ring (bicyclic) bond motifs is 3. The van der Waals surface area contributed by atoms with Gasteiger partial charge in [0.05, 0.1) is 11.4 Å². The first-order valence-electron chi connectivity index (χ1n) is 20.4. The highest BCUT2D eigenvalue weighted by Gasteiger charge is 2.16. The van der Waals surface area contributed by atoms with Crippen LogP contribution in [0.4, 0.5) is 0 Å². The lowest BCUT2D eigenvalue weighted by atomic mass is 9.90. The van der Waals surface area contributed by atoms with Crippen LogP contribution in [0.1, 0.15) is 0 Å². The Kier molecular flexibility index (Phi) is 7.85. The number of rotatable bonds is 6. The van der Waals surface area contributed by atoms with E-state index in [1.54, 1.807) is 6.20 Å². The van der Waals surface area contributed by atoms with E-state index in [1.165, 1.54) is 70.6 Å². The third-order valence-electron chi connectivity index (χ3n) is 12.1. The van der Waals surface area contributed by atoms with Crippen molar-refractivity contribution in [3.8, 4) is 67.3 Å². The minimum Gasteiger partial charge on any atom is -0.264 e. The number of aromatic nitrogens is 3. The van der Waals surface area contributed by atoms with Gasteiger partial charge in [0.25, 0.3) is 0 Å². The maximum Gasteiger partial charge on any atom is 0.160 e. The molecule has 2 heterocycles. The summed E-state index contributed by atoms with van der Waals surface area (Å²) in [6.45, 7) is 0. The molecule has 0 atom stereocenters. The predicted octanol–water partition coefficient (Wildman–Crippen LogP) is 15.1. The van der Waals surface area contributed by atoms with Crippen LogP contribution in [0.25, 0.3) is 121 Å². The highest BCUT2D eigenvalue weighted by molar-refractivity contribution is 6.25. The van der Waals surface area contributed by atoms with E-state index < -0.39 is 0 Å². The van der Waals surface area contributed by atoms with Crippen molar-refractivity contribution in [2.24, 2.45) is 0 Å². The molecule has 0 bridgehead atoms. The summed E-state index contributed by atoms with van der Waals surface area (Å²) in [5.74, 6) is 0.681. The SMILES string of the molecule is c1cncc(-c2cccc(-c3cc(-c4ccc(-c5cc6ccccc6c6ccccc56)cc4)nc(-c4ccc(-c5ccc6ccc7cccc8ccc5c6c78)cc4)n3)c2)c1. The Morgan fingerprint density at radius 2 is 0.867 bits per heavy atom. The molecule has 10 aromatic carbocycles. The van der Waals surface area contributed by atoms with E-state index in [1.807, 2.05) is 12.3 Å². The van der Waals surface area contributed by atoms with Crippen molar-refractivity contribution < 1.29 is 0 Å². The van der Waals surface area contributed by atoms with Crippen molar-refractivity contribution in [2.75, 3.05) is 0 Å². The van der Waals surface area contributed by atoms with Gasteiger partial charge < -0.3 is 0 Å². The summed E-state index contributed by atoms with van der Waals surface area (Å²) in [7, 11) is 0. The van der Waals surface area contributed by atoms with E-state index >= 15 is 0 Å². The molecule has 0 aliphatic rings. The summed E-state index contributed by atoms with van der Waals surface area (Å²) < 4.78 is 0. The van der Waals surface area contributed by atoms with E-state index in [9.17, 15) is 0 Å². The summed E-state index contributed by atoms with van der Waals surface area (Å²) in [6, 6.07) is 72.0. The van der Waals surface area contributed by atoms with E-state index in [2.05, 4.69) is 199 Å². The first-order valence-corrected chi connectivity index (χ1v) is 20.4. The standard InChI is InChI=1S/C57H35N3/c1-2-14-47-44(8-1)33-52(50-16-4-3-15-49(47)50)37-17-21-38(22-18-37)53-34-54(45-12-6-11-43(32-45)46-13-7-31-58-35-46)60-57(59-53)42-25-19-36(20-26-42)48-29-27-41-24-23-39-9-5-10-40-28-30-51(48)56(41)55(39)40/h1-35H. The van der Waals surface area contributed by atoms with Gasteiger partial charge in [0.2, 0.25) is 0 Å². The Labute approximate surface area is 347 Å². The molecule has 2 aromatic heterocycles. The first-order chi connectivity index (χ1) is 29.7. The molecule has 12 rings (SSSR count). The van der Waals surface area contributed by atoms with Crippen molar-refractivity contribution in [2.45, 2.75) is 0 Å². The third kappa shape index (κ3) is 5.71. The molecule has 0 aliphatic carbocycles. The fourth-order valence-corrected chi connectivity index (χ4v) is 9.16. The van der Waals surface area contributed by atoms with Gasteiger partial charge >= 0.3 is 0 Å². The molecule has 0 radical (unpaired) electrons. The summed E-state index contributed by atoms with van der Waals surface area (Å²) in [4.78, 5) is 14.9. The van der Waals surface area contributed by atoms with E-state index in [-0.39, 0.29) is 0 Å². The van der Waals surface area contributed by atoms with Gasteiger partial charge in [0.15, 0.2) is 5.82 Å². The quantitative estimate of drug-likeness (QED) is 0.158. The Morgan fingerprint density at radius 3 is 1.65 bits per heavy atom. The van der Waals surface area contributed by atoms with Crippen LogP contribution in [0, 0.1) is 0 Å². The minimum atomic E-state index is 0.681. The van der Waals surface area contributed by atoms with Crippen LogP contribution in [0.3, 0.4) is 0 Å². The molecule has 0 aliphatic heterocycles. The van der Waals surface area contributed by atoms with Crippen LogP contribution < -0.4 is 0 Å². The zero-order valence-corrected chi connectivity index (χ0v) is 32.5. The Bertz CT molecular complexity index is 3560. The molecular formula is C57H35N3. The minimum absolute atomic E-state index is 0.681. The van der Waals surface area contributed by atoms with Crippen molar-refractivity contribution >= 4 is 53.9 Å². The summed E-state index contributed by atoms with van der Waals surface area (Å²) >= 11 is 0. The number of benzene rings is 10. The molecule has 0 spiro atoms. The zero-order valence-electron chi connectivity index (χ0n) is 32.5. The molecule has 0 saturated heterocycles. The molecule has 0 saturated carbocycles. The average Bonchev–Trinajstić information content (AvgIpc) is 3.33. The number of hydrogen-bond acceptors (Lipinski definition) is 3. The molecule has 278 valence electrons. The molecule has 12 aromatic rings. The third-order valence-corrected chi connectivity index (χ3v) is 12.1. The van der Waals surface area contributed by atoms with Gasteiger partial charge in [-0.1, -0.05) is 176 Å². The van der Waals surface area contributed by atoms with Crippen LogP contribution in [-0.4, -0.2) is 15.0 Å². The smallest absolute Gasteiger partial charge is 0.160 e. The lowest BCUT2D eigenvalue weighted by molar-refractivity contribution is 1.18. The lowest BCUT2D eigenvalue weighted by Crippen LogP contribution is -1.96. The highest BCUT2D eigenvalue weighted by Crippen LogP contribution is 2.40. The average molecular weight is 762 g/mol. The van der Waals surface area contributed by atoms with Crippen molar-refractivity contribution in [1.82, 2.24) is 15.0 Å². The zero-order chi connectivity index (χ0) is 39.6. The van der Waals surface area contributed by atoms with E-state index in [4.69, 9.17) is 9.97 Å². The molecule has 3 heteroatoms. The first kappa shape index (κ1) is 34.1. The summed E-state index contributed by atoms with van der Waals surface area (Å²) in [6.07, 6.45) is 3.71. The molecule has 3 nitrogen and oxygen atoms in total. The van der Waals surface area contributed by atoms with Crippen LogP contribution >= 0.6 is 0 Å². The molecule has 0 unspecified atom stereocenters. The van der Waals surface area contributed by atoms with Gasteiger partial charge in [-0.15, -0.1) is 0 Å². The van der Waals surface area contributed by atoms with Gasteiger partial charge in [0.1, 0.15) is 0 Å². The van der Waals surface area contributed by atoms with Crippen LogP contribution in [0.2, 0.25) is 0 Å². The normalized spacial score (nSPS) is 11.7. The van der Waals surface area contributed by atoms with Crippen LogP contribution in [-0.2, 0) is 0 Å². The fraction of sp³-hybridized carbons (Fsp3) is 0. The highest BCUT2D eigenvalue weighted by atomic mass is 14.9. The van der Waals surface area contributed by atoms with Gasteiger partial charge in [0, 0.05) is 34.6 Å². The number of pyridine rings is 1. The van der Waals surface area contributed by atoms with Gasteiger partial charge in [-0.3, -0.25) is 4.98 Å². The number of nitrogens with zero attached hydrogens (tertiary/aromatic N) is 3. The number of hydrogen-bond donors (Lipinski definition) is 0. The monoisotopic (exact) mass is 761 g/mol. The van der Waals surface area contributed by atoms with Crippen LogP contribution in [0.5, 0.6) is 0 Å². The maximum atomic E-state index is 5.26. The van der Waals surface area contributed by atoms with E-state index in [0.29, 0.717) is 5.82 Å². The van der Waals surface area contributed by atoms with Crippen molar-refractivity contribution in [3.63, 3.8) is 0 Å². The van der Waals surface area contributed by atoms with Crippen molar-refractivity contribution in [3.05, 3.63) is 213 Å². The molecule has 60 heavy (non-hydrogen) atoms.